The van der Waals surface area contributed by atoms with Crippen molar-refractivity contribution in [3.8, 4) is 0 Å². The van der Waals surface area contributed by atoms with Crippen LogP contribution in [0.4, 0.5) is 17.1 Å². The van der Waals surface area contributed by atoms with Crippen molar-refractivity contribution in [1.82, 2.24) is 0 Å². The molecule has 0 bridgehead atoms. The molecule has 0 saturated heterocycles. The summed E-state index contributed by atoms with van der Waals surface area (Å²) >= 11 is 0. The van der Waals surface area contributed by atoms with Crippen LogP contribution in [0, 0.1) is 0 Å². The molecule has 0 aromatic heterocycles. The third-order valence-corrected chi connectivity index (χ3v) is 2.43. The molecular weight excluding hydrogens is 186 g/mol. The van der Waals surface area contributed by atoms with Crippen LogP contribution in [0.5, 0.6) is 0 Å². The summed E-state index contributed by atoms with van der Waals surface area (Å²) in [5.74, 6) is 0. The summed E-state index contributed by atoms with van der Waals surface area (Å²) in [6.45, 7) is 3.77. The zero-order valence-electron chi connectivity index (χ0n) is 9.65. The number of anilines is 3. The molecule has 0 spiro atoms. The fourth-order valence-electron chi connectivity index (χ4n) is 1.72. The van der Waals surface area contributed by atoms with E-state index in [1.807, 2.05) is 27.2 Å². The maximum atomic E-state index is 3.77. The van der Waals surface area contributed by atoms with Crippen LogP contribution < -0.4 is 16.0 Å². The molecule has 0 amide bonds. The lowest BCUT2D eigenvalue weighted by atomic mass is 10.1. The Balaban J connectivity index is 3.27. The number of hydrogen-bond acceptors (Lipinski definition) is 3. The Labute approximate surface area is 91.6 Å². The molecule has 3 heteroatoms. The van der Waals surface area contributed by atoms with E-state index in [-0.39, 0.29) is 0 Å². The summed E-state index contributed by atoms with van der Waals surface area (Å²) in [4.78, 5) is 0. The van der Waals surface area contributed by atoms with Crippen molar-refractivity contribution in [1.29, 1.82) is 0 Å². The largest absolute Gasteiger partial charge is 0.386 e. The molecule has 1 aromatic rings. The second kappa shape index (κ2) is 5.29. The van der Waals surface area contributed by atoms with E-state index in [4.69, 9.17) is 0 Å². The van der Waals surface area contributed by atoms with Crippen LogP contribution in [0.2, 0.25) is 0 Å². The maximum Gasteiger partial charge on any atom is 0.0811 e. The fraction of sp³-hybridized carbons (Fsp3) is 0.333. The van der Waals surface area contributed by atoms with Gasteiger partial charge in [-0.05, 0) is 18.1 Å². The van der Waals surface area contributed by atoms with E-state index in [1.54, 1.807) is 0 Å². The fourth-order valence-corrected chi connectivity index (χ4v) is 1.72. The quantitative estimate of drug-likeness (QED) is 0.646. The van der Waals surface area contributed by atoms with Gasteiger partial charge >= 0.3 is 0 Å². The van der Waals surface area contributed by atoms with Gasteiger partial charge in [0.1, 0.15) is 0 Å². The second-order valence-electron chi connectivity index (χ2n) is 3.27. The highest BCUT2D eigenvalue weighted by Gasteiger charge is 2.09. The molecule has 0 fully saturated rings. The molecule has 82 valence electrons. The molecule has 0 aliphatic rings. The molecule has 0 aliphatic carbocycles. The van der Waals surface area contributed by atoms with Gasteiger partial charge in [0, 0.05) is 21.1 Å². The summed E-state index contributed by atoms with van der Waals surface area (Å²) in [5, 5.41) is 9.59. The molecule has 3 N–H and O–H groups in total. The number of hydrogen-bond donors (Lipinski definition) is 3. The summed E-state index contributed by atoms with van der Waals surface area (Å²) in [6, 6.07) is 4.19. The number of benzene rings is 1. The highest BCUT2D eigenvalue weighted by molar-refractivity contribution is 5.84. The van der Waals surface area contributed by atoms with E-state index in [0.717, 1.165) is 23.5 Å². The van der Waals surface area contributed by atoms with Crippen LogP contribution in [0.3, 0.4) is 0 Å². The third-order valence-electron chi connectivity index (χ3n) is 2.43. The van der Waals surface area contributed by atoms with E-state index in [1.165, 1.54) is 5.56 Å². The number of nitrogens with one attached hydrogen (secondary N) is 3. The second-order valence-corrected chi connectivity index (χ2v) is 3.27. The monoisotopic (exact) mass is 205 g/mol. The summed E-state index contributed by atoms with van der Waals surface area (Å²) in [7, 11) is 5.78. The highest BCUT2D eigenvalue weighted by atomic mass is 15.0. The van der Waals surface area contributed by atoms with Gasteiger partial charge in [-0.15, -0.1) is 6.58 Å². The minimum Gasteiger partial charge on any atom is -0.386 e. The van der Waals surface area contributed by atoms with Gasteiger partial charge in [-0.2, -0.15) is 0 Å². The zero-order valence-corrected chi connectivity index (χ0v) is 9.65. The summed E-state index contributed by atoms with van der Waals surface area (Å²) < 4.78 is 0. The van der Waals surface area contributed by atoms with Gasteiger partial charge in [-0.25, -0.2) is 0 Å². The van der Waals surface area contributed by atoms with Crippen molar-refractivity contribution >= 4 is 17.1 Å². The Kier molecular flexibility index (Phi) is 4.03. The third kappa shape index (κ3) is 2.24. The summed E-state index contributed by atoms with van der Waals surface area (Å²) in [5.41, 5.74) is 4.56. The van der Waals surface area contributed by atoms with Crippen LogP contribution >= 0.6 is 0 Å². The lowest BCUT2D eigenvalue weighted by Gasteiger charge is -2.17. The van der Waals surface area contributed by atoms with Crippen LogP contribution in [0.15, 0.2) is 24.8 Å². The van der Waals surface area contributed by atoms with E-state index in [9.17, 15) is 0 Å². The van der Waals surface area contributed by atoms with Crippen LogP contribution in [0.1, 0.15) is 5.56 Å². The van der Waals surface area contributed by atoms with Gasteiger partial charge in [-0.1, -0.05) is 12.1 Å². The van der Waals surface area contributed by atoms with E-state index < -0.39 is 0 Å². The van der Waals surface area contributed by atoms with Gasteiger partial charge in [0.2, 0.25) is 0 Å². The minimum atomic E-state index is 0.870. The zero-order chi connectivity index (χ0) is 11.3. The molecule has 0 heterocycles. The van der Waals surface area contributed by atoms with Crippen LogP contribution in [0.25, 0.3) is 0 Å². The van der Waals surface area contributed by atoms with Crippen LogP contribution in [-0.2, 0) is 6.42 Å². The van der Waals surface area contributed by atoms with Crippen molar-refractivity contribution in [2.24, 2.45) is 0 Å². The molecule has 0 atom stereocenters. The predicted molar refractivity (Wildman–Crippen MR) is 69.0 cm³/mol. The Morgan fingerprint density at radius 2 is 1.73 bits per heavy atom. The summed E-state index contributed by atoms with van der Waals surface area (Å²) in [6.07, 6.45) is 2.78. The SMILES string of the molecule is C=CCc1ccc(NC)c(NC)c1NC. The Hall–Kier alpha value is -1.64. The molecular formula is C12H19N3. The normalized spacial score (nSPS) is 9.53. The Bertz CT molecular complexity index is 345. The molecule has 0 unspecified atom stereocenters. The standard InChI is InChI=1S/C12H19N3/c1-5-6-9-7-8-10(13-2)12(15-4)11(9)14-3/h5,7-8,13-15H,1,6H2,2-4H3. The van der Waals surface area contributed by atoms with Gasteiger partial charge in [-0.3, -0.25) is 0 Å². The van der Waals surface area contributed by atoms with Crippen LogP contribution in [-0.4, -0.2) is 21.1 Å². The molecule has 15 heavy (non-hydrogen) atoms. The van der Waals surface area contributed by atoms with Crippen molar-refractivity contribution < 1.29 is 0 Å². The Morgan fingerprint density at radius 1 is 1.07 bits per heavy atom. The van der Waals surface area contributed by atoms with Gasteiger partial charge in [0.05, 0.1) is 17.1 Å². The average Bonchev–Trinajstić information content (AvgIpc) is 2.28. The number of allylic oxidation sites excluding steroid dienone is 1. The van der Waals surface area contributed by atoms with Gasteiger partial charge in [0.25, 0.3) is 0 Å². The minimum absolute atomic E-state index is 0.870. The lowest BCUT2D eigenvalue weighted by molar-refractivity contribution is 1.25. The van der Waals surface area contributed by atoms with Crippen molar-refractivity contribution in [3.05, 3.63) is 30.4 Å². The molecule has 1 aromatic carbocycles. The first kappa shape index (κ1) is 11.4. The average molecular weight is 205 g/mol. The highest BCUT2D eigenvalue weighted by Crippen LogP contribution is 2.33. The van der Waals surface area contributed by atoms with E-state index >= 15 is 0 Å². The number of rotatable bonds is 5. The van der Waals surface area contributed by atoms with Crippen molar-refractivity contribution in [2.45, 2.75) is 6.42 Å². The smallest absolute Gasteiger partial charge is 0.0811 e. The maximum absolute atomic E-state index is 3.77. The predicted octanol–water partition coefficient (Wildman–Crippen LogP) is 2.54. The van der Waals surface area contributed by atoms with Gasteiger partial charge in [0.15, 0.2) is 0 Å². The van der Waals surface area contributed by atoms with Crippen molar-refractivity contribution in [3.63, 3.8) is 0 Å². The first-order valence-electron chi connectivity index (χ1n) is 5.08. The Morgan fingerprint density at radius 3 is 2.20 bits per heavy atom. The molecule has 0 radical (unpaired) electrons. The van der Waals surface area contributed by atoms with Crippen molar-refractivity contribution in [2.75, 3.05) is 37.1 Å². The molecule has 0 aliphatic heterocycles. The topological polar surface area (TPSA) is 36.1 Å². The lowest BCUT2D eigenvalue weighted by Crippen LogP contribution is -2.04. The molecule has 0 saturated carbocycles. The molecule has 3 nitrogen and oxygen atoms in total. The first-order chi connectivity index (χ1) is 7.28. The molecule has 1 rings (SSSR count). The van der Waals surface area contributed by atoms with E-state index in [0.29, 0.717) is 0 Å². The first-order valence-corrected chi connectivity index (χ1v) is 5.08. The van der Waals surface area contributed by atoms with Gasteiger partial charge < -0.3 is 16.0 Å². The van der Waals surface area contributed by atoms with E-state index in [2.05, 4.69) is 34.7 Å².